The van der Waals surface area contributed by atoms with Gasteiger partial charge < -0.3 is 26.8 Å². The predicted octanol–water partition coefficient (Wildman–Crippen LogP) is 1.44. The molecule has 1 aromatic rings. The number of rotatable bonds is 15. The molecule has 1 aromatic carbocycles. The summed E-state index contributed by atoms with van der Waals surface area (Å²) in [6.07, 6.45) is 5.51. The Balaban J connectivity index is 2.39. The normalized spacial score (nSPS) is 11.8. The highest BCUT2D eigenvalue weighted by Crippen LogP contribution is 2.11. The zero-order chi connectivity index (χ0) is 20.6. The molecule has 0 unspecified atom stereocenters. The first-order valence-corrected chi connectivity index (χ1v) is 10.3. The van der Waals surface area contributed by atoms with Crippen molar-refractivity contribution in [3.63, 3.8) is 0 Å². The van der Waals surface area contributed by atoms with E-state index in [2.05, 4.69) is 16.0 Å². The zero-order valence-electron chi connectivity index (χ0n) is 17.0. The Morgan fingerprint density at radius 1 is 1.04 bits per heavy atom. The Labute approximate surface area is 168 Å². The quantitative estimate of drug-likeness (QED) is 0.290. The summed E-state index contributed by atoms with van der Waals surface area (Å²) in [5.74, 6) is -0.110. The third kappa shape index (κ3) is 10.9. The van der Waals surface area contributed by atoms with E-state index in [0.29, 0.717) is 25.9 Å². The van der Waals surface area contributed by atoms with Crippen LogP contribution in [0.4, 0.5) is 0 Å². The zero-order valence-corrected chi connectivity index (χ0v) is 17.0. The van der Waals surface area contributed by atoms with Crippen LogP contribution in [0.3, 0.4) is 0 Å². The van der Waals surface area contributed by atoms with E-state index in [1.807, 2.05) is 6.92 Å². The monoisotopic (exact) mass is 392 g/mol. The highest BCUT2D eigenvalue weighted by Gasteiger charge is 2.20. The topological polar surface area (TPSA) is 116 Å². The van der Waals surface area contributed by atoms with Crippen LogP contribution in [0.2, 0.25) is 0 Å². The van der Waals surface area contributed by atoms with Gasteiger partial charge >= 0.3 is 0 Å². The number of nitrogens with two attached hydrogens (primary N) is 1. The van der Waals surface area contributed by atoms with Crippen LogP contribution < -0.4 is 21.7 Å². The molecule has 0 aromatic heterocycles. The molecule has 0 aliphatic rings. The number of aromatic hydroxyl groups is 1. The Morgan fingerprint density at radius 2 is 1.71 bits per heavy atom. The maximum absolute atomic E-state index is 12.6. The van der Waals surface area contributed by atoms with Gasteiger partial charge in [0.25, 0.3) is 0 Å². The third-order valence-corrected chi connectivity index (χ3v) is 4.39. The lowest BCUT2D eigenvalue weighted by molar-refractivity contribution is -0.129. The minimum absolute atomic E-state index is 0.120. The smallest absolute Gasteiger partial charge is 0.242 e. The second-order valence-corrected chi connectivity index (χ2v) is 6.98. The lowest BCUT2D eigenvalue weighted by Gasteiger charge is -2.19. The molecule has 28 heavy (non-hydrogen) atoms. The van der Waals surface area contributed by atoms with E-state index in [-0.39, 0.29) is 17.6 Å². The summed E-state index contributed by atoms with van der Waals surface area (Å²) >= 11 is 0. The summed E-state index contributed by atoms with van der Waals surface area (Å²) in [5, 5.41) is 18.5. The standard InChI is InChI=1S/C21H36N4O3/c1-2-7-20(27)25-19(16-17-8-10-18(26)11-9-17)21(28)24-15-5-3-4-13-23-14-6-12-22/h8-11,19,23,26H,2-7,12-16,22H2,1H3,(H,24,28)(H,25,27)/t19-/m0/s1. The number of carbonyl (C=O) groups is 2. The third-order valence-electron chi connectivity index (χ3n) is 4.39. The molecule has 0 saturated heterocycles. The maximum atomic E-state index is 12.6. The Morgan fingerprint density at radius 3 is 2.39 bits per heavy atom. The van der Waals surface area contributed by atoms with Gasteiger partial charge in [0.1, 0.15) is 11.8 Å². The number of phenols is 1. The molecule has 1 rings (SSSR count). The van der Waals surface area contributed by atoms with E-state index in [1.54, 1.807) is 24.3 Å². The van der Waals surface area contributed by atoms with Gasteiger partial charge in [0, 0.05) is 19.4 Å². The lowest BCUT2D eigenvalue weighted by Crippen LogP contribution is -2.48. The largest absolute Gasteiger partial charge is 0.508 e. The summed E-state index contributed by atoms with van der Waals surface area (Å²) in [4.78, 5) is 24.5. The summed E-state index contributed by atoms with van der Waals surface area (Å²) in [6, 6.07) is 6.08. The minimum Gasteiger partial charge on any atom is -0.508 e. The Kier molecular flexibility index (Phi) is 12.7. The van der Waals surface area contributed by atoms with Crippen LogP contribution in [0.5, 0.6) is 5.75 Å². The van der Waals surface area contributed by atoms with Gasteiger partial charge in [-0.3, -0.25) is 9.59 Å². The molecule has 7 heteroatoms. The fraction of sp³-hybridized carbons (Fsp3) is 0.619. The summed E-state index contributed by atoms with van der Waals surface area (Å²) in [6.45, 7) is 5.14. The number of hydrogen-bond donors (Lipinski definition) is 5. The van der Waals surface area contributed by atoms with Crippen molar-refractivity contribution in [3.05, 3.63) is 29.8 Å². The fourth-order valence-electron chi connectivity index (χ4n) is 2.81. The van der Waals surface area contributed by atoms with Crippen LogP contribution >= 0.6 is 0 Å². The van der Waals surface area contributed by atoms with Crippen molar-refractivity contribution in [2.75, 3.05) is 26.2 Å². The maximum Gasteiger partial charge on any atom is 0.242 e. The van der Waals surface area contributed by atoms with Crippen LogP contribution in [0, 0.1) is 0 Å². The van der Waals surface area contributed by atoms with Crippen molar-refractivity contribution in [2.24, 2.45) is 5.73 Å². The molecule has 0 aliphatic carbocycles. The molecule has 0 saturated carbocycles. The lowest BCUT2D eigenvalue weighted by atomic mass is 10.0. The van der Waals surface area contributed by atoms with Crippen molar-refractivity contribution in [1.29, 1.82) is 0 Å². The van der Waals surface area contributed by atoms with Crippen LogP contribution in [-0.2, 0) is 16.0 Å². The van der Waals surface area contributed by atoms with Gasteiger partial charge in [-0.2, -0.15) is 0 Å². The van der Waals surface area contributed by atoms with E-state index >= 15 is 0 Å². The highest BCUT2D eigenvalue weighted by molar-refractivity contribution is 5.87. The van der Waals surface area contributed by atoms with Crippen molar-refractivity contribution in [2.45, 2.75) is 57.9 Å². The Hall–Kier alpha value is -2.12. The molecule has 0 radical (unpaired) electrons. The molecule has 0 bridgehead atoms. The number of unbranched alkanes of at least 4 members (excludes halogenated alkanes) is 2. The molecule has 0 heterocycles. The van der Waals surface area contributed by atoms with E-state index in [9.17, 15) is 14.7 Å². The van der Waals surface area contributed by atoms with Crippen LogP contribution in [0.1, 0.15) is 51.0 Å². The second-order valence-electron chi connectivity index (χ2n) is 6.98. The summed E-state index contributed by atoms with van der Waals surface area (Å²) < 4.78 is 0. The first-order chi connectivity index (χ1) is 13.6. The molecule has 7 nitrogen and oxygen atoms in total. The molecular formula is C21H36N4O3. The van der Waals surface area contributed by atoms with Gasteiger partial charge in [-0.1, -0.05) is 25.5 Å². The number of amides is 2. The first kappa shape index (κ1) is 23.9. The van der Waals surface area contributed by atoms with Gasteiger partial charge in [0.15, 0.2) is 0 Å². The first-order valence-electron chi connectivity index (χ1n) is 10.3. The van der Waals surface area contributed by atoms with E-state index in [4.69, 9.17) is 5.73 Å². The number of nitrogens with one attached hydrogen (secondary N) is 3. The van der Waals surface area contributed by atoms with E-state index < -0.39 is 6.04 Å². The van der Waals surface area contributed by atoms with E-state index in [1.165, 1.54) is 0 Å². The van der Waals surface area contributed by atoms with Crippen molar-refractivity contribution < 1.29 is 14.7 Å². The average molecular weight is 393 g/mol. The molecular weight excluding hydrogens is 356 g/mol. The SMILES string of the molecule is CCCC(=O)N[C@@H](Cc1ccc(O)cc1)C(=O)NCCCCCNCCCN. The molecule has 6 N–H and O–H groups in total. The second kappa shape index (κ2) is 14.9. The van der Waals surface area contributed by atoms with Gasteiger partial charge in [-0.15, -0.1) is 0 Å². The van der Waals surface area contributed by atoms with E-state index in [0.717, 1.165) is 50.8 Å². The van der Waals surface area contributed by atoms with Gasteiger partial charge in [-0.05, 0) is 63.0 Å². The molecule has 1 atom stereocenters. The van der Waals surface area contributed by atoms with Crippen molar-refractivity contribution in [3.8, 4) is 5.75 Å². The average Bonchev–Trinajstić information content (AvgIpc) is 2.68. The molecule has 158 valence electrons. The highest BCUT2D eigenvalue weighted by atomic mass is 16.3. The van der Waals surface area contributed by atoms with Gasteiger partial charge in [0.2, 0.25) is 11.8 Å². The fourth-order valence-corrected chi connectivity index (χ4v) is 2.81. The van der Waals surface area contributed by atoms with Gasteiger partial charge in [0.05, 0.1) is 0 Å². The molecule has 0 aliphatic heterocycles. The number of benzene rings is 1. The van der Waals surface area contributed by atoms with Crippen LogP contribution in [0.25, 0.3) is 0 Å². The van der Waals surface area contributed by atoms with Crippen LogP contribution in [-0.4, -0.2) is 49.1 Å². The number of carbonyl (C=O) groups excluding carboxylic acids is 2. The number of hydrogen-bond acceptors (Lipinski definition) is 5. The Bertz CT molecular complexity index is 563. The summed E-state index contributed by atoms with van der Waals surface area (Å²) in [5.41, 5.74) is 6.33. The molecule has 2 amide bonds. The van der Waals surface area contributed by atoms with Crippen molar-refractivity contribution >= 4 is 11.8 Å². The minimum atomic E-state index is -0.610. The predicted molar refractivity (Wildman–Crippen MR) is 112 cm³/mol. The van der Waals surface area contributed by atoms with Crippen molar-refractivity contribution in [1.82, 2.24) is 16.0 Å². The number of phenolic OH excluding ortho intramolecular Hbond substituents is 1. The molecule has 0 fully saturated rings. The molecule has 0 spiro atoms. The van der Waals surface area contributed by atoms with Crippen LogP contribution in [0.15, 0.2) is 24.3 Å². The summed E-state index contributed by atoms with van der Waals surface area (Å²) in [7, 11) is 0. The van der Waals surface area contributed by atoms with Gasteiger partial charge in [-0.25, -0.2) is 0 Å².